The van der Waals surface area contributed by atoms with Gasteiger partial charge in [0.1, 0.15) is 6.29 Å². The summed E-state index contributed by atoms with van der Waals surface area (Å²) in [5, 5.41) is 2.02. The number of carbonyl (C=O) groups is 1. The second-order valence-electron chi connectivity index (χ2n) is 3.61. The van der Waals surface area contributed by atoms with Gasteiger partial charge in [0.2, 0.25) is 0 Å². The molecule has 1 aromatic carbocycles. The first-order chi connectivity index (χ1) is 7.38. The Morgan fingerprint density at radius 3 is 2.87 bits per heavy atom. The largest absolute Gasteiger partial charge is 0.311 e. The fraction of sp³-hybridized carbons (Fsp3) is 0.250. The van der Waals surface area contributed by atoms with Gasteiger partial charge in [0.05, 0.1) is 6.54 Å². The van der Waals surface area contributed by atoms with E-state index in [0.29, 0.717) is 6.42 Å². The standard InChI is InChI=1S/C12H14N2O/c15-7-6-12-8-13-14(10-12)9-11-4-2-1-3-5-11/h1-5,7,10,13H,6,8-9H2. The van der Waals surface area contributed by atoms with Crippen LogP contribution in [0.3, 0.4) is 0 Å². The predicted molar refractivity (Wildman–Crippen MR) is 58.8 cm³/mol. The maximum absolute atomic E-state index is 10.3. The van der Waals surface area contributed by atoms with Crippen LogP contribution in [0.25, 0.3) is 0 Å². The van der Waals surface area contributed by atoms with Crippen LogP contribution in [0.15, 0.2) is 42.1 Å². The van der Waals surface area contributed by atoms with E-state index < -0.39 is 0 Å². The van der Waals surface area contributed by atoms with Gasteiger partial charge >= 0.3 is 0 Å². The van der Waals surface area contributed by atoms with Gasteiger partial charge in [0.25, 0.3) is 0 Å². The van der Waals surface area contributed by atoms with Crippen LogP contribution in [0, 0.1) is 0 Å². The minimum Gasteiger partial charge on any atom is -0.311 e. The lowest BCUT2D eigenvalue weighted by atomic mass is 10.2. The van der Waals surface area contributed by atoms with Crippen molar-refractivity contribution < 1.29 is 4.79 Å². The SMILES string of the molecule is O=CCC1=CN(Cc2ccccc2)NC1. The Labute approximate surface area is 89.4 Å². The van der Waals surface area contributed by atoms with E-state index in [1.54, 1.807) is 0 Å². The fourth-order valence-electron chi connectivity index (χ4n) is 1.63. The van der Waals surface area contributed by atoms with Crippen molar-refractivity contribution in [2.75, 3.05) is 6.54 Å². The molecular formula is C12H14N2O. The van der Waals surface area contributed by atoms with E-state index in [4.69, 9.17) is 0 Å². The second kappa shape index (κ2) is 4.75. The molecule has 0 unspecified atom stereocenters. The molecule has 0 saturated heterocycles. The zero-order valence-electron chi connectivity index (χ0n) is 8.52. The third kappa shape index (κ3) is 2.67. The predicted octanol–water partition coefficient (Wildman–Crippen LogP) is 1.48. The summed E-state index contributed by atoms with van der Waals surface area (Å²) in [7, 11) is 0. The lowest BCUT2D eigenvalue weighted by Gasteiger charge is -2.15. The van der Waals surface area contributed by atoms with E-state index in [1.165, 1.54) is 5.56 Å². The van der Waals surface area contributed by atoms with Gasteiger partial charge < -0.3 is 9.80 Å². The van der Waals surface area contributed by atoms with Crippen LogP contribution >= 0.6 is 0 Å². The number of nitrogens with zero attached hydrogens (tertiary/aromatic N) is 1. The topological polar surface area (TPSA) is 32.3 Å². The number of carbonyl (C=O) groups excluding carboxylic acids is 1. The lowest BCUT2D eigenvalue weighted by Crippen LogP contribution is -2.28. The number of hydrogen-bond donors (Lipinski definition) is 1. The Morgan fingerprint density at radius 2 is 2.13 bits per heavy atom. The van der Waals surface area contributed by atoms with E-state index in [1.807, 2.05) is 29.4 Å². The number of nitrogens with one attached hydrogen (secondary N) is 1. The molecule has 3 heteroatoms. The number of rotatable bonds is 4. The van der Waals surface area contributed by atoms with Crippen LogP contribution in [0.4, 0.5) is 0 Å². The Balaban J connectivity index is 1.95. The summed E-state index contributed by atoms with van der Waals surface area (Å²) in [5.74, 6) is 0. The van der Waals surface area contributed by atoms with Crippen LogP contribution in [0.1, 0.15) is 12.0 Å². The maximum atomic E-state index is 10.3. The molecule has 1 aromatic rings. The van der Waals surface area contributed by atoms with E-state index in [-0.39, 0.29) is 0 Å². The van der Waals surface area contributed by atoms with Crippen LogP contribution < -0.4 is 5.43 Å². The Kier molecular flexibility index (Phi) is 3.15. The van der Waals surface area contributed by atoms with E-state index >= 15 is 0 Å². The minimum atomic E-state index is 0.526. The summed E-state index contributed by atoms with van der Waals surface area (Å²) in [6.07, 6.45) is 3.49. The molecule has 0 saturated carbocycles. The summed E-state index contributed by atoms with van der Waals surface area (Å²) in [5.41, 5.74) is 5.62. The first-order valence-corrected chi connectivity index (χ1v) is 5.06. The summed E-state index contributed by atoms with van der Waals surface area (Å²) >= 11 is 0. The Morgan fingerprint density at radius 1 is 1.33 bits per heavy atom. The second-order valence-corrected chi connectivity index (χ2v) is 3.61. The number of aldehydes is 1. The summed E-state index contributed by atoms with van der Waals surface area (Å²) in [4.78, 5) is 10.3. The molecule has 78 valence electrons. The number of benzene rings is 1. The zero-order chi connectivity index (χ0) is 10.5. The summed E-state index contributed by atoms with van der Waals surface area (Å²) in [6, 6.07) is 10.2. The molecule has 0 aromatic heterocycles. The van der Waals surface area contributed by atoms with Crippen molar-refractivity contribution in [1.82, 2.24) is 10.4 Å². The van der Waals surface area contributed by atoms with E-state index in [2.05, 4.69) is 17.6 Å². The Hall–Kier alpha value is -1.61. The van der Waals surface area contributed by atoms with Gasteiger partial charge in [-0.3, -0.25) is 0 Å². The average molecular weight is 202 g/mol. The molecule has 3 nitrogen and oxygen atoms in total. The highest BCUT2D eigenvalue weighted by Gasteiger charge is 2.10. The molecule has 15 heavy (non-hydrogen) atoms. The molecule has 1 aliphatic rings. The normalized spacial score (nSPS) is 15.2. The van der Waals surface area contributed by atoms with Gasteiger partial charge in [-0.1, -0.05) is 30.3 Å². The monoisotopic (exact) mass is 202 g/mol. The molecular weight excluding hydrogens is 188 g/mol. The van der Waals surface area contributed by atoms with Crippen molar-refractivity contribution in [2.45, 2.75) is 13.0 Å². The highest BCUT2D eigenvalue weighted by molar-refractivity contribution is 5.54. The molecule has 0 radical (unpaired) electrons. The molecule has 1 aliphatic heterocycles. The molecule has 1 N–H and O–H groups in total. The molecule has 0 fully saturated rings. The lowest BCUT2D eigenvalue weighted by molar-refractivity contribution is -0.107. The molecule has 2 rings (SSSR count). The fourth-order valence-corrected chi connectivity index (χ4v) is 1.63. The quantitative estimate of drug-likeness (QED) is 0.751. The highest BCUT2D eigenvalue weighted by Crippen LogP contribution is 2.10. The smallest absolute Gasteiger partial charge is 0.124 e. The minimum absolute atomic E-state index is 0.526. The third-order valence-electron chi connectivity index (χ3n) is 2.39. The Bertz CT molecular complexity index is 359. The van der Waals surface area contributed by atoms with Gasteiger partial charge in [-0.05, 0) is 11.1 Å². The van der Waals surface area contributed by atoms with Crippen molar-refractivity contribution in [3.8, 4) is 0 Å². The summed E-state index contributed by atoms with van der Waals surface area (Å²) < 4.78 is 0. The highest BCUT2D eigenvalue weighted by atomic mass is 16.1. The van der Waals surface area contributed by atoms with Gasteiger partial charge in [-0.25, -0.2) is 5.43 Å². The van der Waals surface area contributed by atoms with Crippen LogP contribution in [-0.4, -0.2) is 17.8 Å². The number of hydrogen-bond acceptors (Lipinski definition) is 3. The van der Waals surface area contributed by atoms with E-state index in [9.17, 15) is 4.79 Å². The van der Waals surface area contributed by atoms with E-state index in [0.717, 1.165) is 24.9 Å². The maximum Gasteiger partial charge on any atom is 0.124 e. The molecule has 0 bridgehead atoms. The van der Waals surface area contributed by atoms with Crippen molar-refractivity contribution in [1.29, 1.82) is 0 Å². The van der Waals surface area contributed by atoms with Crippen LogP contribution in [0.5, 0.6) is 0 Å². The zero-order valence-corrected chi connectivity index (χ0v) is 8.52. The molecule has 0 amide bonds. The average Bonchev–Trinajstić information content (AvgIpc) is 2.68. The third-order valence-corrected chi connectivity index (χ3v) is 2.39. The molecule has 0 atom stereocenters. The van der Waals surface area contributed by atoms with Crippen LogP contribution in [0.2, 0.25) is 0 Å². The van der Waals surface area contributed by atoms with Gasteiger partial charge in [-0.15, -0.1) is 0 Å². The molecule has 1 heterocycles. The number of hydrazine groups is 1. The van der Waals surface area contributed by atoms with Gasteiger partial charge in [0, 0.05) is 19.2 Å². The van der Waals surface area contributed by atoms with Gasteiger partial charge in [0.15, 0.2) is 0 Å². The molecule has 0 aliphatic carbocycles. The van der Waals surface area contributed by atoms with Gasteiger partial charge in [-0.2, -0.15) is 0 Å². The van der Waals surface area contributed by atoms with Crippen LogP contribution in [-0.2, 0) is 11.3 Å². The first-order valence-electron chi connectivity index (χ1n) is 5.06. The molecule has 0 spiro atoms. The van der Waals surface area contributed by atoms with Crippen molar-refractivity contribution in [3.63, 3.8) is 0 Å². The van der Waals surface area contributed by atoms with Crippen molar-refractivity contribution in [2.24, 2.45) is 0 Å². The van der Waals surface area contributed by atoms with Crippen molar-refractivity contribution >= 4 is 6.29 Å². The van der Waals surface area contributed by atoms with Crippen molar-refractivity contribution in [3.05, 3.63) is 47.7 Å². The summed E-state index contributed by atoms with van der Waals surface area (Å²) in [6.45, 7) is 1.62. The first kappa shape index (κ1) is 9.93.